The van der Waals surface area contributed by atoms with Crippen molar-refractivity contribution in [1.29, 1.82) is 0 Å². The highest BCUT2D eigenvalue weighted by Crippen LogP contribution is 1.95. The number of aliphatic carboxylic acids is 1. The molecule has 92 valence electrons. The summed E-state index contributed by atoms with van der Waals surface area (Å²) in [6.45, 7) is 0.0684. The van der Waals surface area contributed by atoms with Gasteiger partial charge in [0.2, 0.25) is 5.91 Å². The molecule has 0 rings (SSSR count). The van der Waals surface area contributed by atoms with Gasteiger partial charge < -0.3 is 20.2 Å². The van der Waals surface area contributed by atoms with E-state index in [2.05, 4.69) is 5.32 Å². The normalized spacial score (nSPS) is 9.44. The molecule has 0 unspecified atom stereocenters. The molecule has 0 spiro atoms. The molecule has 0 aromatic carbocycles. The summed E-state index contributed by atoms with van der Waals surface area (Å²) in [5.74, 6) is -1.24. The van der Waals surface area contributed by atoms with Crippen LogP contribution in [0.3, 0.4) is 0 Å². The highest BCUT2D eigenvalue weighted by Gasteiger charge is 2.16. The molecule has 16 heavy (non-hydrogen) atoms. The molecule has 0 saturated heterocycles. The van der Waals surface area contributed by atoms with Crippen molar-refractivity contribution >= 4 is 17.9 Å². The molecule has 2 N–H and O–H groups in total. The number of nitrogens with one attached hydrogen (secondary N) is 1. The largest absolute Gasteiger partial charge is 0.481 e. The SMILES string of the molecule is CNC(=O)CN(C)C(=O)N(C)CCC(=O)O. The molecule has 0 aromatic heterocycles. The van der Waals surface area contributed by atoms with E-state index in [4.69, 9.17) is 5.11 Å². The molecule has 7 nitrogen and oxygen atoms in total. The van der Waals surface area contributed by atoms with Crippen LogP contribution in [0.15, 0.2) is 0 Å². The Morgan fingerprint density at radius 1 is 1.19 bits per heavy atom. The molecule has 0 bridgehead atoms. The molecule has 0 atom stereocenters. The molecular weight excluding hydrogens is 214 g/mol. The lowest BCUT2D eigenvalue weighted by Gasteiger charge is -2.23. The predicted molar refractivity (Wildman–Crippen MR) is 57.0 cm³/mol. The Morgan fingerprint density at radius 2 is 1.75 bits per heavy atom. The number of rotatable bonds is 5. The Kier molecular flexibility index (Phi) is 5.91. The van der Waals surface area contributed by atoms with E-state index in [1.165, 1.54) is 30.9 Å². The molecule has 0 heterocycles. The number of amides is 3. The molecule has 0 aromatic rings. The summed E-state index contributed by atoms with van der Waals surface area (Å²) >= 11 is 0. The summed E-state index contributed by atoms with van der Waals surface area (Å²) in [5.41, 5.74) is 0. The van der Waals surface area contributed by atoms with Gasteiger partial charge in [-0.1, -0.05) is 0 Å². The standard InChI is InChI=1S/C9H17N3O4/c1-10-7(13)6-12(3)9(16)11(2)5-4-8(14)15/h4-6H2,1-3H3,(H,10,13)(H,14,15). The number of carbonyl (C=O) groups excluding carboxylic acids is 2. The first-order valence-corrected chi connectivity index (χ1v) is 4.77. The van der Waals surface area contributed by atoms with Gasteiger partial charge in [-0.15, -0.1) is 0 Å². The second kappa shape index (κ2) is 6.65. The zero-order chi connectivity index (χ0) is 12.7. The van der Waals surface area contributed by atoms with Crippen molar-refractivity contribution in [3.05, 3.63) is 0 Å². The lowest BCUT2D eigenvalue weighted by Crippen LogP contribution is -2.44. The van der Waals surface area contributed by atoms with Crippen LogP contribution in [0.2, 0.25) is 0 Å². The van der Waals surface area contributed by atoms with Crippen molar-refractivity contribution in [2.75, 3.05) is 34.2 Å². The van der Waals surface area contributed by atoms with E-state index >= 15 is 0 Å². The summed E-state index contributed by atoms with van der Waals surface area (Å²) in [7, 11) is 4.45. The summed E-state index contributed by atoms with van der Waals surface area (Å²) < 4.78 is 0. The van der Waals surface area contributed by atoms with Crippen molar-refractivity contribution in [2.45, 2.75) is 6.42 Å². The van der Waals surface area contributed by atoms with Gasteiger partial charge >= 0.3 is 12.0 Å². The number of carbonyl (C=O) groups is 3. The smallest absolute Gasteiger partial charge is 0.319 e. The lowest BCUT2D eigenvalue weighted by atomic mass is 10.4. The number of urea groups is 1. The lowest BCUT2D eigenvalue weighted by molar-refractivity contribution is -0.137. The van der Waals surface area contributed by atoms with Gasteiger partial charge in [0.1, 0.15) is 6.54 Å². The maximum atomic E-state index is 11.6. The van der Waals surface area contributed by atoms with Crippen molar-refractivity contribution in [2.24, 2.45) is 0 Å². The van der Waals surface area contributed by atoms with Gasteiger partial charge in [-0.3, -0.25) is 9.59 Å². The third-order valence-electron chi connectivity index (χ3n) is 1.97. The summed E-state index contributed by atoms with van der Waals surface area (Å²) in [5, 5.41) is 10.8. The Balaban J connectivity index is 4.10. The number of likely N-dealkylation sites (N-methyl/N-ethyl adjacent to an activating group) is 2. The van der Waals surface area contributed by atoms with Crippen LogP contribution in [0.4, 0.5) is 4.79 Å². The first-order chi connectivity index (χ1) is 7.38. The summed E-state index contributed by atoms with van der Waals surface area (Å²) in [6, 6.07) is -0.384. The fourth-order valence-corrected chi connectivity index (χ4v) is 1.01. The average Bonchev–Trinajstić information content (AvgIpc) is 2.24. The van der Waals surface area contributed by atoms with Crippen molar-refractivity contribution in [3.63, 3.8) is 0 Å². The number of carboxylic acids is 1. The molecule has 0 saturated carbocycles. The Bertz CT molecular complexity index is 280. The topological polar surface area (TPSA) is 90.0 Å². The quantitative estimate of drug-likeness (QED) is 0.647. The van der Waals surface area contributed by atoms with Gasteiger partial charge in [-0.2, -0.15) is 0 Å². The highest BCUT2D eigenvalue weighted by atomic mass is 16.4. The van der Waals surface area contributed by atoms with Gasteiger partial charge in [-0.25, -0.2) is 4.79 Å². The molecule has 0 fully saturated rings. The third kappa shape index (κ3) is 5.18. The van der Waals surface area contributed by atoms with E-state index in [1.54, 1.807) is 0 Å². The Labute approximate surface area is 94.0 Å². The highest BCUT2D eigenvalue weighted by molar-refractivity contribution is 5.83. The molecule has 7 heteroatoms. The predicted octanol–water partition coefficient (Wildman–Crippen LogP) is -0.809. The Hall–Kier alpha value is -1.79. The van der Waals surface area contributed by atoms with Crippen LogP contribution in [0.5, 0.6) is 0 Å². The van der Waals surface area contributed by atoms with E-state index < -0.39 is 5.97 Å². The van der Waals surface area contributed by atoms with Crippen LogP contribution in [0, 0.1) is 0 Å². The van der Waals surface area contributed by atoms with Gasteiger partial charge in [0.05, 0.1) is 6.42 Å². The third-order valence-corrected chi connectivity index (χ3v) is 1.97. The van der Waals surface area contributed by atoms with Gasteiger partial charge in [0, 0.05) is 27.7 Å². The fourth-order valence-electron chi connectivity index (χ4n) is 1.01. The average molecular weight is 231 g/mol. The second-order valence-corrected chi connectivity index (χ2v) is 3.38. The van der Waals surface area contributed by atoms with Crippen LogP contribution in [-0.4, -0.2) is 67.0 Å². The van der Waals surface area contributed by atoms with Gasteiger partial charge in [-0.05, 0) is 0 Å². The van der Waals surface area contributed by atoms with Crippen molar-refractivity contribution < 1.29 is 19.5 Å². The molecule has 0 aliphatic carbocycles. The maximum absolute atomic E-state index is 11.6. The number of hydrogen-bond donors (Lipinski definition) is 2. The summed E-state index contributed by atoms with van der Waals surface area (Å²) in [4.78, 5) is 35.4. The van der Waals surface area contributed by atoms with Crippen LogP contribution >= 0.6 is 0 Å². The van der Waals surface area contributed by atoms with E-state index in [9.17, 15) is 14.4 Å². The van der Waals surface area contributed by atoms with E-state index in [0.717, 1.165) is 0 Å². The van der Waals surface area contributed by atoms with E-state index in [0.29, 0.717) is 0 Å². The van der Waals surface area contributed by atoms with Crippen LogP contribution < -0.4 is 5.32 Å². The summed E-state index contributed by atoms with van der Waals surface area (Å²) in [6.07, 6.45) is -0.115. The molecule has 0 radical (unpaired) electrons. The van der Waals surface area contributed by atoms with E-state index in [1.807, 2.05) is 0 Å². The minimum Gasteiger partial charge on any atom is -0.481 e. The first-order valence-electron chi connectivity index (χ1n) is 4.77. The Morgan fingerprint density at radius 3 is 2.19 bits per heavy atom. The van der Waals surface area contributed by atoms with Gasteiger partial charge in [0.25, 0.3) is 0 Å². The number of carboxylic acid groups (broad SMARTS) is 1. The zero-order valence-corrected chi connectivity index (χ0v) is 9.69. The minimum absolute atomic E-state index is 0.0489. The number of hydrogen-bond acceptors (Lipinski definition) is 3. The maximum Gasteiger partial charge on any atom is 0.319 e. The van der Waals surface area contributed by atoms with Crippen molar-refractivity contribution in [3.8, 4) is 0 Å². The van der Waals surface area contributed by atoms with Crippen LogP contribution in [-0.2, 0) is 9.59 Å². The molecule has 0 aliphatic heterocycles. The second-order valence-electron chi connectivity index (χ2n) is 3.38. The monoisotopic (exact) mass is 231 g/mol. The van der Waals surface area contributed by atoms with Crippen LogP contribution in [0.25, 0.3) is 0 Å². The zero-order valence-electron chi connectivity index (χ0n) is 9.69. The van der Waals surface area contributed by atoms with Crippen LogP contribution in [0.1, 0.15) is 6.42 Å². The van der Waals surface area contributed by atoms with Gasteiger partial charge in [0.15, 0.2) is 0 Å². The molecular formula is C9H17N3O4. The van der Waals surface area contributed by atoms with E-state index in [-0.39, 0.29) is 31.4 Å². The first kappa shape index (κ1) is 14.2. The molecule has 0 aliphatic rings. The molecule has 3 amide bonds. The fraction of sp³-hybridized carbons (Fsp3) is 0.667. The van der Waals surface area contributed by atoms with Crippen molar-refractivity contribution in [1.82, 2.24) is 15.1 Å². The minimum atomic E-state index is -0.964. The number of nitrogens with zero attached hydrogens (tertiary/aromatic N) is 2.